The van der Waals surface area contributed by atoms with Gasteiger partial charge in [-0.3, -0.25) is 4.90 Å². The topological polar surface area (TPSA) is 32.8 Å². The molecule has 0 N–H and O–H groups in total. The first-order valence-electron chi connectivity index (χ1n) is 9.06. The molecule has 0 radical (unpaired) electrons. The van der Waals surface area contributed by atoms with Crippen molar-refractivity contribution >= 4 is 6.09 Å². The first kappa shape index (κ1) is 19.0. The molecule has 1 amide bonds. The maximum Gasteiger partial charge on any atom is 0.425 e. The standard InChI is InChI=1S/C19H25F3N2O2/c1-15(19(20,21)22)26-17(25)24-12-9-18(14-24)7-10-23(11-8-18)13-16-5-3-2-4-6-16/h2-6,15H,7-14H2,1H3. The van der Waals surface area contributed by atoms with Gasteiger partial charge in [-0.05, 0) is 50.3 Å². The van der Waals surface area contributed by atoms with Crippen molar-refractivity contribution in [3.63, 3.8) is 0 Å². The van der Waals surface area contributed by atoms with Crippen LogP contribution in [-0.4, -0.2) is 54.4 Å². The minimum absolute atomic E-state index is 0.0215. The summed E-state index contributed by atoms with van der Waals surface area (Å²) >= 11 is 0. The molecule has 0 bridgehead atoms. The summed E-state index contributed by atoms with van der Waals surface area (Å²) in [6, 6.07) is 10.3. The van der Waals surface area contributed by atoms with Crippen molar-refractivity contribution in [2.75, 3.05) is 26.2 Å². The minimum atomic E-state index is -4.52. The number of benzene rings is 1. The van der Waals surface area contributed by atoms with Gasteiger partial charge in [-0.15, -0.1) is 0 Å². The van der Waals surface area contributed by atoms with Crippen LogP contribution in [0.4, 0.5) is 18.0 Å². The molecule has 2 heterocycles. The highest BCUT2D eigenvalue weighted by atomic mass is 19.4. The van der Waals surface area contributed by atoms with Gasteiger partial charge in [0.1, 0.15) is 0 Å². The molecule has 2 fully saturated rings. The molecule has 2 aliphatic heterocycles. The van der Waals surface area contributed by atoms with E-state index in [-0.39, 0.29) is 5.41 Å². The van der Waals surface area contributed by atoms with Crippen LogP contribution in [0.3, 0.4) is 0 Å². The molecule has 0 aromatic heterocycles. The van der Waals surface area contributed by atoms with Crippen molar-refractivity contribution < 1.29 is 22.7 Å². The van der Waals surface area contributed by atoms with Crippen LogP contribution in [0.2, 0.25) is 0 Å². The Kier molecular flexibility index (Phi) is 5.46. The van der Waals surface area contributed by atoms with Crippen molar-refractivity contribution in [2.24, 2.45) is 5.41 Å². The fourth-order valence-corrected chi connectivity index (χ4v) is 3.82. The molecule has 4 nitrogen and oxygen atoms in total. The molecule has 7 heteroatoms. The first-order chi connectivity index (χ1) is 12.3. The van der Waals surface area contributed by atoms with E-state index in [1.807, 2.05) is 18.2 Å². The van der Waals surface area contributed by atoms with Gasteiger partial charge in [0.15, 0.2) is 6.10 Å². The third-order valence-corrected chi connectivity index (χ3v) is 5.60. The number of likely N-dealkylation sites (tertiary alicyclic amines) is 2. The fourth-order valence-electron chi connectivity index (χ4n) is 3.82. The Labute approximate surface area is 151 Å². The van der Waals surface area contributed by atoms with Crippen LogP contribution in [0.25, 0.3) is 0 Å². The van der Waals surface area contributed by atoms with Gasteiger partial charge in [0.2, 0.25) is 0 Å². The number of nitrogens with zero attached hydrogens (tertiary/aromatic N) is 2. The van der Waals surface area contributed by atoms with Crippen LogP contribution in [0, 0.1) is 5.41 Å². The van der Waals surface area contributed by atoms with Crippen molar-refractivity contribution in [3.05, 3.63) is 35.9 Å². The lowest BCUT2D eigenvalue weighted by Gasteiger charge is -2.39. The van der Waals surface area contributed by atoms with E-state index in [0.29, 0.717) is 13.1 Å². The van der Waals surface area contributed by atoms with Gasteiger partial charge in [-0.25, -0.2) is 4.79 Å². The maximum absolute atomic E-state index is 12.6. The fraction of sp³-hybridized carbons (Fsp3) is 0.632. The average molecular weight is 370 g/mol. The maximum atomic E-state index is 12.6. The first-order valence-corrected chi connectivity index (χ1v) is 9.06. The van der Waals surface area contributed by atoms with Gasteiger partial charge in [0.05, 0.1) is 0 Å². The molecule has 1 atom stereocenters. The smallest absolute Gasteiger partial charge is 0.425 e. The van der Waals surface area contributed by atoms with Crippen LogP contribution in [0.1, 0.15) is 31.7 Å². The molecule has 1 unspecified atom stereocenters. The number of piperidine rings is 1. The number of carbonyl (C=O) groups excluding carboxylic acids is 1. The monoisotopic (exact) mass is 370 g/mol. The second-order valence-electron chi connectivity index (χ2n) is 7.50. The molecule has 2 aliphatic rings. The quantitative estimate of drug-likeness (QED) is 0.804. The molecule has 0 aliphatic carbocycles. The SMILES string of the molecule is CC(OC(=O)N1CCC2(CCN(Cc3ccccc3)CC2)C1)C(F)(F)F. The zero-order valence-electron chi connectivity index (χ0n) is 15.0. The van der Waals surface area contributed by atoms with Crippen molar-refractivity contribution in [2.45, 2.75) is 45.0 Å². The third-order valence-electron chi connectivity index (χ3n) is 5.60. The Hall–Kier alpha value is -1.76. The average Bonchev–Trinajstić information content (AvgIpc) is 3.01. The molecular weight excluding hydrogens is 345 g/mol. The van der Waals surface area contributed by atoms with E-state index >= 15 is 0 Å². The van der Waals surface area contributed by atoms with Gasteiger partial charge in [0.25, 0.3) is 0 Å². The molecule has 0 saturated carbocycles. The summed E-state index contributed by atoms with van der Waals surface area (Å²) in [4.78, 5) is 15.9. The summed E-state index contributed by atoms with van der Waals surface area (Å²) in [5.74, 6) is 0. The lowest BCUT2D eigenvalue weighted by Crippen LogP contribution is -2.43. The number of ether oxygens (including phenoxy) is 1. The van der Waals surface area contributed by atoms with E-state index in [1.54, 1.807) is 0 Å². The summed E-state index contributed by atoms with van der Waals surface area (Å²) in [5.41, 5.74) is 1.30. The van der Waals surface area contributed by atoms with E-state index < -0.39 is 18.4 Å². The Morgan fingerprint density at radius 1 is 1.15 bits per heavy atom. The largest absolute Gasteiger partial charge is 0.437 e. The molecule has 1 aromatic rings. The Balaban J connectivity index is 1.49. The molecule has 2 saturated heterocycles. The highest BCUT2D eigenvalue weighted by Crippen LogP contribution is 2.41. The lowest BCUT2D eigenvalue weighted by atomic mass is 9.77. The predicted octanol–water partition coefficient (Wildman–Crippen LogP) is 4.06. The van der Waals surface area contributed by atoms with E-state index in [0.717, 1.165) is 45.8 Å². The molecule has 26 heavy (non-hydrogen) atoms. The predicted molar refractivity (Wildman–Crippen MR) is 91.6 cm³/mol. The van der Waals surface area contributed by atoms with Gasteiger partial charge in [0, 0.05) is 19.6 Å². The zero-order chi connectivity index (χ0) is 18.8. The summed E-state index contributed by atoms with van der Waals surface area (Å²) in [6.45, 7) is 4.63. The number of halogens is 3. The van der Waals surface area contributed by atoms with E-state index in [4.69, 9.17) is 0 Å². The van der Waals surface area contributed by atoms with E-state index in [2.05, 4.69) is 21.8 Å². The molecule has 1 aromatic carbocycles. The van der Waals surface area contributed by atoms with Gasteiger partial charge in [-0.1, -0.05) is 30.3 Å². The van der Waals surface area contributed by atoms with Crippen molar-refractivity contribution in [1.82, 2.24) is 9.80 Å². The van der Waals surface area contributed by atoms with Crippen LogP contribution in [0.5, 0.6) is 0 Å². The summed E-state index contributed by atoms with van der Waals surface area (Å²) in [5, 5.41) is 0. The van der Waals surface area contributed by atoms with Crippen LogP contribution in [-0.2, 0) is 11.3 Å². The Morgan fingerprint density at radius 3 is 2.38 bits per heavy atom. The second kappa shape index (κ2) is 7.47. The highest BCUT2D eigenvalue weighted by Gasteiger charge is 2.45. The minimum Gasteiger partial charge on any atom is -0.437 e. The number of carbonyl (C=O) groups is 1. The molecule has 3 rings (SSSR count). The van der Waals surface area contributed by atoms with Gasteiger partial charge < -0.3 is 9.64 Å². The number of amides is 1. The van der Waals surface area contributed by atoms with Crippen molar-refractivity contribution in [3.8, 4) is 0 Å². The zero-order valence-corrected chi connectivity index (χ0v) is 15.0. The molecular formula is C19H25F3N2O2. The number of rotatable bonds is 3. The van der Waals surface area contributed by atoms with Gasteiger partial charge >= 0.3 is 12.3 Å². The van der Waals surface area contributed by atoms with E-state index in [9.17, 15) is 18.0 Å². The summed E-state index contributed by atoms with van der Waals surface area (Å²) in [7, 11) is 0. The molecule has 1 spiro atoms. The normalized spacial score (nSPS) is 21.8. The number of alkyl halides is 3. The highest BCUT2D eigenvalue weighted by molar-refractivity contribution is 5.68. The van der Waals surface area contributed by atoms with E-state index in [1.165, 1.54) is 10.5 Å². The van der Waals surface area contributed by atoms with Crippen LogP contribution >= 0.6 is 0 Å². The third kappa shape index (κ3) is 4.50. The van der Waals surface area contributed by atoms with Crippen LogP contribution < -0.4 is 0 Å². The number of hydrogen-bond donors (Lipinski definition) is 0. The Bertz CT molecular complexity index is 613. The van der Waals surface area contributed by atoms with Crippen molar-refractivity contribution in [1.29, 1.82) is 0 Å². The van der Waals surface area contributed by atoms with Gasteiger partial charge in [-0.2, -0.15) is 13.2 Å². The second-order valence-corrected chi connectivity index (χ2v) is 7.50. The number of hydrogen-bond acceptors (Lipinski definition) is 3. The lowest BCUT2D eigenvalue weighted by molar-refractivity contribution is -0.199. The molecule has 144 valence electrons. The van der Waals surface area contributed by atoms with Crippen LogP contribution in [0.15, 0.2) is 30.3 Å². The summed E-state index contributed by atoms with van der Waals surface area (Å²) < 4.78 is 42.3. The summed E-state index contributed by atoms with van der Waals surface area (Å²) in [6.07, 6.45) is -4.69. The Morgan fingerprint density at radius 2 is 1.77 bits per heavy atom.